The molecule has 2 rings (SSSR count). The van der Waals surface area contributed by atoms with E-state index < -0.39 is 12.0 Å². The van der Waals surface area contributed by atoms with E-state index in [9.17, 15) is 14.4 Å². The topological polar surface area (TPSA) is 86.7 Å². The zero-order chi connectivity index (χ0) is 19.3. The van der Waals surface area contributed by atoms with Crippen LogP contribution in [0.15, 0.2) is 24.3 Å². The minimum Gasteiger partial charge on any atom is -0.478 e. The van der Waals surface area contributed by atoms with Gasteiger partial charge in [0.25, 0.3) is 0 Å². The van der Waals surface area contributed by atoms with Gasteiger partial charge in [-0.25, -0.2) is 4.79 Å². The van der Waals surface area contributed by atoms with Crippen molar-refractivity contribution in [1.82, 2.24) is 10.2 Å². The van der Waals surface area contributed by atoms with Gasteiger partial charge in [0.05, 0.1) is 11.4 Å². The second-order valence-corrected chi connectivity index (χ2v) is 7.92. The molecular weight excluding hydrogens is 352 g/mol. The molecule has 2 N–H and O–H groups in total. The molecule has 0 saturated carbocycles. The van der Waals surface area contributed by atoms with Crippen LogP contribution in [0.2, 0.25) is 0 Å². The molecule has 26 heavy (non-hydrogen) atoms. The Morgan fingerprint density at radius 3 is 2.46 bits per heavy atom. The SMILES string of the molecule is CC(C)C(C)NC(=O)C1CSCN1C(=O)CCc1ccc(C(=O)O)cc1. The largest absolute Gasteiger partial charge is 0.478 e. The summed E-state index contributed by atoms with van der Waals surface area (Å²) in [6.45, 7) is 6.07. The van der Waals surface area contributed by atoms with Crippen LogP contribution >= 0.6 is 11.8 Å². The molecule has 0 bridgehead atoms. The van der Waals surface area contributed by atoms with Crippen LogP contribution in [0.25, 0.3) is 0 Å². The van der Waals surface area contributed by atoms with E-state index in [4.69, 9.17) is 5.11 Å². The Morgan fingerprint density at radius 2 is 1.88 bits per heavy atom. The van der Waals surface area contributed by atoms with Crippen molar-refractivity contribution in [3.63, 3.8) is 0 Å². The second-order valence-electron chi connectivity index (χ2n) is 6.92. The maximum atomic E-state index is 12.6. The van der Waals surface area contributed by atoms with Crippen LogP contribution in [-0.2, 0) is 16.0 Å². The highest BCUT2D eigenvalue weighted by atomic mass is 32.2. The number of benzene rings is 1. The van der Waals surface area contributed by atoms with E-state index in [1.54, 1.807) is 28.8 Å². The molecule has 0 aliphatic carbocycles. The Bertz CT molecular complexity index is 660. The van der Waals surface area contributed by atoms with Crippen molar-refractivity contribution in [3.05, 3.63) is 35.4 Å². The number of carbonyl (C=O) groups is 3. The molecule has 1 saturated heterocycles. The predicted molar refractivity (Wildman–Crippen MR) is 102 cm³/mol. The number of aryl methyl sites for hydroxylation is 1. The van der Waals surface area contributed by atoms with E-state index in [-0.39, 0.29) is 23.4 Å². The molecule has 7 heteroatoms. The standard InChI is InChI=1S/C19H26N2O4S/c1-12(2)13(3)20-18(23)16-10-26-11-21(16)17(22)9-6-14-4-7-15(8-5-14)19(24)25/h4-5,7-8,12-13,16H,6,9-11H2,1-3H3,(H,20,23)(H,24,25). The summed E-state index contributed by atoms with van der Waals surface area (Å²) in [4.78, 5) is 37.6. The van der Waals surface area contributed by atoms with E-state index in [1.807, 2.05) is 20.8 Å². The van der Waals surface area contributed by atoms with Crippen molar-refractivity contribution in [2.45, 2.75) is 45.7 Å². The lowest BCUT2D eigenvalue weighted by molar-refractivity contribution is -0.138. The fourth-order valence-electron chi connectivity index (χ4n) is 2.60. The first-order valence-corrected chi connectivity index (χ1v) is 9.95. The third-order valence-electron chi connectivity index (χ3n) is 4.70. The van der Waals surface area contributed by atoms with Gasteiger partial charge >= 0.3 is 5.97 Å². The average Bonchev–Trinajstić information content (AvgIpc) is 3.09. The minimum absolute atomic E-state index is 0.0466. The second kappa shape index (κ2) is 9.07. The van der Waals surface area contributed by atoms with Crippen molar-refractivity contribution in [3.8, 4) is 0 Å². The molecule has 1 aliphatic rings. The molecule has 1 aromatic rings. The molecule has 0 spiro atoms. The summed E-state index contributed by atoms with van der Waals surface area (Å²) in [7, 11) is 0. The molecule has 1 heterocycles. The summed E-state index contributed by atoms with van der Waals surface area (Å²) >= 11 is 1.59. The number of nitrogens with zero attached hydrogens (tertiary/aromatic N) is 1. The van der Waals surface area contributed by atoms with Crippen LogP contribution in [0.3, 0.4) is 0 Å². The molecule has 1 fully saturated rings. The summed E-state index contributed by atoms with van der Waals surface area (Å²) < 4.78 is 0. The molecule has 1 aromatic carbocycles. The molecule has 2 atom stereocenters. The van der Waals surface area contributed by atoms with Gasteiger partial charge in [0.2, 0.25) is 11.8 Å². The molecule has 142 valence electrons. The van der Waals surface area contributed by atoms with E-state index in [2.05, 4.69) is 5.32 Å². The van der Waals surface area contributed by atoms with Crippen molar-refractivity contribution in [2.75, 3.05) is 11.6 Å². The maximum absolute atomic E-state index is 12.6. The lowest BCUT2D eigenvalue weighted by atomic mass is 10.1. The molecule has 6 nitrogen and oxygen atoms in total. The van der Waals surface area contributed by atoms with Gasteiger partial charge in [0, 0.05) is 18.2 Å². The zero-order valence-corrected chi connectivity index (χ0v) is 16.2. The first-order chi connectivity index (χ1) is 12.3. The fourth-order valence-corrected chi connectivity index (χ4v) is 3.78. The summed E-state index contributed by atoms with van der Waals surface area (Å²) in [5, 5.41) is 11.9. The number of nitrogens with one attached hydrogen (secondary N) is 1. The van der Waals surface area contributed by atoms with E-state index in [0.29, 0.717) is 30.4 Å². The number of carboxylic acid groups (broad SMARTS) is 1. The van der Waals surface area contributed by atoms with E-state index in [0.717, 1.165) is 5.56 Å². The quantitative estimate of drug-likeness (QED) is 0.761. The molecular formula is C19H26N2O4S. The van der Waals surface area contributed by atoms with Crippen LogP contribution in [0.1, 0.15) is 43.1 Å². The van der Waals surface area contributed by atoms with Crippen LogP contribution in [0.5, 0.6) is 0 Å². The number of thioether (sulfide) groups is 1. The summed E-state index contributed by atoms with van der Waals surface area (Å²) in [6, 6.07) is 6.18. The third kappa shape index (κ3) is 5.24. The number of aromatic carboxylic acids is 1. The summed E-state index contributed by atoms with van der Waals surface area (Å²) in [5.41, 5.74) is 1.14. The fraction of sp³-hybridized carbons (Fsp3) is 0.526. The first kappa shape index (κ1) is 20.3. The third-order valence-corrected chi connectivity index (χ3v) is 5.72. The van der Waals surface area contributed by atoms with E-state index >= 15 is 0 Å². The zero-order valence-electron chi connectivity index (χ0n) is 15.4. The lowest BCUT2D eigenvalue weighted by Crippen LogP contribution is -2.50. The number of hydrogen-bond donors (Lipinski definition) is 2. The Labute approximate surface area is 158 Å². The van der Waals surface area contributed by atoms with Crippen LogP contribution in [0.4, 0.5) is 0 Å². The predicted octanol–water partition coefficient (Wildman–Crippen LogP) is 2.38. The highest BCUT2D eigenvalue weighted by Gasteiger charge is 2.34. The molecule has 2 amide bonds. The van der Waals surface area contributed by atoms with Crippen molar-refractivity contribution >= 4 is 29.5 Å². The van der Waals surface area contributed by atoms with Crippen LogP contribution < -0.4 is 5.32 Å². The van der Waals surface area contributed by atoms with Crippen LogP contribution in [0, 0.1) is 5.92 Å². The van der Waals surface area contributed by atoms with Gasteiger partial charge in [0.1, 0.15) is 6.04 Å². The Kier molecular flexibility index (Phi) is 7.08. The highest BCUT2D eigenvalue weighted by molar-refractivity contribution is 7.99. The Morgan fingerprint density at radius 1 is 1.23 bits per heavy atom. The van der Waals surface area contributed by atoms with Crippen LogP contribution in [-0.4, -0.2) is 51.5 Å². The van der Waals surface area contributed by atoms with Crippen molar-refractivity contribution < 1.29 is 19.5 Å². The monoisotopic (exact) mass is 378 g/mol. The molecule has 0 radical (unpaired) electrons. The molecule has 1 aliphatic heterocycles. The number of hydrogen-bond acceptors (Lipinski definition) is 4. The maximum Gasteiger partial charge on any atom is 0.335 e. The Balaban J connectivity index is 1.91. The van der Waals surface area contributed by atoms with Gasteiger partial charge in [-0.2, -0.15) is 0 Å². The Hall–Kier alpha value is -2.02. The van der Waals surface area contributed by atoms with Gasteiger partial charge in [-0.15, -0.1) is 11.8 Å². The van der Waals surface area contributed by atoms with Gasteiger partial charge in [0.15, 0.2) is 0 Å². The van der Waals surface area contributed by atoms with Gasteiger partial charge in [-0.05, 0) is 37.0 Å². The normalized spacial score (nSPS) is 18.0. The van der Waals surface area contributed by atoms with Crippen molar-refractivity contribution in [1.29, 1.82) is 0 Å². The molecule has 2 unspecified atom stereocenters. The number of carboxylic acids is 1. The number of carbonyl (C=O) groups excluding carboxylic acids is 2. The summed E-state index contributed by atoms with van der Waals surface area (Å²) in [5.74, 6) is 0.392. The first-order valence-electron chi connectivity index (χ1n) is 8.79. The average molecular weight is 378 g/mol. The number of rotatable bonds is 7. The number of amides is 2. The minimum atomic E-state index is -0.966. The van der Waals surface area contributed by atoms with Gasteiger partial charge < -0.3 is 15.3 Å². The van der Waals surface area contributed by atoms with Gasteiger partial charge in [-0.3, -0.25) is 9.59 Å². The lowest BCUT2D eigenvalue weighted by Gasteiger charge is -2.26. The smallest absolute Gasteiger partial charge is 0.335 e. The van der Waals surface area contributed by atoms with Crippen molar-refractivity contribution in [2.24, 2.45) is 5.92 Å². The molecule has 0 aromatic heterocycles. The highest BCUT2D eigenvalue weighted by Crippen LogP contribution is 2.23. The summed E-state index contributed by atoms with van der Waals surface area (Å²) in [6.07, 6.45) is 0.827. The van der Waals surface area contributed by atoms with Gasteiger partial charge in [-0.1, -0.05) is 26.0 Å². The van der Waals surface area contributed by atoms with E-state index in [1.165, 1.54) is 12.1 Å².